The molecule has 1 saturated heterocycles. The van der Waals surface area contributed by atoms with E-state index in [1.807, 2.05) is 4.68 Å². The van der Waals surface area contributed by atoms with Crippen LogP contribution in [0.5, 0.6) is 0 Å². The molecule has 0 amide bonds. The van der Waals surface area contributed by atoms with Crippen LogP contribution >= 0.6 is 0 Å². The molecule has 0 atom stereocenters. The zero-order valence-corrected chi connectivity index (χ0v) is 9.72. The first-order valence-corrected chi connectivity index (χ1v) is 6.11. The molecule has 3 rings (SSSR count). The highest BCUT2D eigenvalue weighted by atomic mass is 16.5. The van der Waals surface area contributed by atoms with Gasteiger partial charge in [0.25, 0.3) is 0 Å². The maximum absolute atomic E-state index is 11.3. The van der Waals surface area contributed by atoms with E-state index in [0.717, 1.165) is 55.7 Å². The summed E-state index contributed by atoms with van der Waals surface area (Å²) in [5.74, 6) is 0. The summed E-state index contributed by atoms with van der Waals surface area (Å²) in [6.45, 7) is 2.73. The number of carbonyl (C=O) groups is 1. The van der Waals surface area contributed by atoms with Gasteiger partial charge in [-0.15, -0.1) is 0 Å². The van der Waals surface area contributed by atoms with E-state index < -0.39 is 0 Å². The van der Waals surface area contributed by atoms with Crippen LogP contribution in [0.2, 0.25) is 0 Å². The molecule has 2 aliphatic heterocycles. The molecule has 1 fully saturated rings. The number of nitrogens with zero attached hydrogens (tertiary/aromatic N) is 2. The molecular formula is C12H16N2O3. The molecule has 0 unspecified atom stereocenters. The van der Waals surface area contributed by atoms with E-state index in [0.29, 0.717) is 19.3 Å². The quantitative estimate of drug-likeness (QED) is 0.722. The lowest BCUT2D eigenvalue weighted by Crippen LogP contribution is -2.22. The Balaban J connectivity index is 1.97. The van der Waals surface area contributed by atoms with E-state index in [1.165, 1.54) is 0 Å². The molecule has 1 aromatic rings. The van der Waals surface area contributed by atoms with Gasteiger partial charge in [-0.25, -0.2) is 0 Å². The SMILES string of the molecule is O=Cc1c2c(nn1C1CCOCC1)COCC2. The topological polar surface area (TPSA) is 53.4 Å². The van der Waals surface area contributed by atoms with Crippen molar-refractivity contribution in [1.29, 1.82) is 0 Å². The average Bonchev–Trinajstić information content (AvgIpc) is 2.78. The normalized spacial score (nSPS) is 21.2. The van der Waals surface area contributed by atoms with E-state index in [2.05, 4.69) is 5.10 Å². The number of ether oxygens (including phenoxy) is 2. The summed E-state index contributed by atoms with van der Waals surface area (Å²) < 4.78 is 12.6. The van der Waals surface area contributed by atoms with Crippen LogP contribution < -0.4 is 0 Å². The van der Waals surface area contributed by atoms with Gasteiger partial charge in [-0.3, -0.25) is 9.48 Å². The lowest BCUT2D eigenvalue weighted by atomic mass is 10.1. The van der Waals surface area contributed by atoms with Crippen molar-refractivity contribution in [3.63, 3.8) is 0 Å². The molecule has 1 aromatic heterocycles. The van der Waals surface area contributed by atoms with Crippen molar-refractivity contribution < 1.29 is 14.3 Å². The highest BCUT2D eigenvalue weighted by Gasteiger charge is 2.25. The highest BCUT2D eigenvalue weighted by Crippen LogP contribution is 2.26. The van der Waals surface area contributed by atoms with Gasteiger partial charge in [0.05, 0.1) is 24.9 Å². The van der Waals surface area contributed by atoms with Crippen LogP contribution in [-0.2, 0) is 22.5 Å². The van der Waals surface area contributed by atoms with E-state index >= 15 is 0 Å². The fraction of sp³-hybridized carbons (Fsp3) is 0.667. The van der Waals surface area contributed by atoms with Crippen molar-refractivity contribution in [2.75, 3.05) is 19.8 Å². The van der Waals surface area contributed by atoms with Gasteiger partial charge in [0, 0.05) is 18.8 Å². The van der Waals surface area contributed by atoms with E-state index in [-0.39, 0.29) is 0 Å². The zero-order valence-electron chi connectivity index (χ0n) is 9.72. The van der Waals surface area contributed by atoms with E-state index in [9.17, 15) is 4.79 Å². The van der Waals surface area contributed by atoms with E-state index in [1.54, 1.807) is 0 Å². The third kappa shape index (κ3) is 1.89. The second kappa shape index (κ2) is 4.58. The minimum absolute atomic E-state index is 0.301. The molecule has 0 saturated carbocycles. The van der Waals surface area contributed by atoms with Gasteiger partial charge in [-0.1, -0.05) is 0 Å². The van der Waals surface area contributed by atoms with Crippen molar-refractivity contribution in [2.24, 2.45) is 0 Å². The Morgan fingerprint density at radius 3 is 2.82 bits per heavy atom. The largest absolute Gasteiger partial charge is 0.381 e. The summed E-state index contributed by atoms with van der Waals surface area (Å²) >= 11 is 0. The molecule has 0 bridgehead atoms. The Kier molecular flexibility index (Phi) is 2.94. The minimum Gasteiger partial charge on any atom is -0.381 e. The summed E-state index contributed by atoms with van der Waals surface area (Å²) in [7, 11) is 0. The predicted molar refractivity (Wildman–Crippen MR) is 60.1 cm³/mol. The number of hydrogen-bond donors (Lipinski definition) is 0. The van der Waals surface area contributed by atoms with Crippen LogP contribution in [0, 0.1) is 0 Å². The number of hydrogen-bond acceptors (Lipinski definition) is 4. The monoisotopic (exact) mass is 236 g/mol. The molecule has 2 aliphatic rings. The van der Waals surface area contributed by atoms with Crippen molar-refractivity contribution in [2.45, 2.75) is 31.9 Å². The fourth-order valence-electron chi connectivity index (χ4n) is 2.59. The first-order chi connectivity index (χ1) is 8.40. The van der Waals surface area contributed by atoms with Crippen molar-refractivity contribution in [3.8, 4) is 0 Å². The Hall–Kier alpha value is -1.20. The van der Waals surface area contributed by atoms with Crippen LogP contribution in [0.3, 0.4) is 0 Å². The molecule has 0 radical (unpaired) electrons. The maximum atomic E-state index is 11.3. The van der Waals surface area contributed by atoms with Gasteiger partial charge < -0.3 is 9.47 Å². The fourth-order valence-corrected chi connectivity index (χ4v) is 2.59. The van der Waals surface area contributed by atoms with Crippen LogP contribution in [-0.4, -0.2) is 35.9 Å². The van der Waals surface area contributed by atoms with Crippen LogP contribution in [0.1, 0.15) is 40.6 Å². The number of aldehydes is 1. The zero-order chi connectivity index (χ0) is 11.7. The van der Waals surface area contributed by atoms with Crippen LogP contribution in [0.15, 0.2) is 0 Å². The van der Waals surface area contributed by atoms with Gasteiger partial charge in [-0.05, 0) is 19.3 Å². The molecule has 0 aliphatic carbocycles. The van der Waals surface area contributed by atoms with Crippen LogP contribution in [0.25, 0.3) is 0 Å². The third-order valence-electron chi connectivity index (χ3n) is 3.52. The summed E-state index contributed by atoms with van der Waals surface area (Å²) in [4.78, 5) is 11.3. The highest BCUT2D eigenvalue weighted by molar-refractivity contribution is 5.75. The smallest absolute Gasteiger partial charge is 0.168 e. The lowest BCUT2D eigenvalue weighted by Gasteiger charge is -2.23. The van der Waals surface area contributed by atoms with Crippen molar-refractivity contribution >= 4 is 6.29 Å². The molecule has 3 heterocycles. The number of carbonyl (C=O) groups excluding carboxylic acids is 1. The Morgan fingerprint density at radius 2 is 2.06 bits per heavy atom. The molecular weight excluding hydrogens is 220 g/mol. The van der Waals surface area contributed by atoms with Gasteiger partial charge >= 0.3 is 0 Å². The second-order valence-electron chi connectivity index (χ2n) is 4.52. The second-order valence-corrected chi connectivity index (χ2v) is 4.52. The number of fused-ring (bicyclic) bond motifs is 1. The third-order valence-corrected chi connectivity index (χ3v) is 3.52. The molecule has 0 aromatic carbocycles. The Labute approximate surface area is 99.7 Å². The van der Waals surface area contributed by atoms with Crippen LogP contribution in [0.4, 0.5) is 0 Å². The molecule has 5 nitrogen and oxygen atoms in total. The molecule has 0 spiro atoms. The molecule has 5 heteroatoms. The molecule has 92 valence electrons. The Morgan fingerprint density at radius 1 is 1.24 bits per heavy atom. The minimum atomic E-state index is 0.301. The summed E-state index contributed by atoms with van der Waals surface area (Å²) in [5.41, 5.74) is 2.76. The number of aromatic nitrogens is 2. The van der Waals surface area contributed by atoms with E-state index in [4.69, 9.17) is 9.47 Å². The van der Waals surface area contributed by atoms with Crippen molar-refractivity contribution in [3.05, 3.63) is 17.0 Å². The summed E-state index contributed by atoms with van der Waals surface area (Å²) in [6.07, 6.45) is 3.60. The van der Waals surface area contributed by atoms with Gasteiger partial charge in [0.1, 0.15) is 5.69 Å². The maximum Gasteiger partial charge on any atom is 0.168 e. The lowest BCUT2D eigenvalue weighted by molar-refractivity contribution is 0.0647. The molecule has 0 N–H and O–H groups in total. The summed E-state index contributed by atoms with van der Waals surface area (Å²) in [5, 5.41) is 4.55. The number of rotatable bonds is 2. The van der Waals surface area contributed by atoms with Gasteiger partial charge in [0.15, 0.2) is 6.29 Å². The van der Waals surface area contributed by atoms with Crippen molar-refractivity contribution in [1.82, 2.24) is 9.78 Å². The summed E-state index contributed by atoms with van der Waals surface area (Å²) in [6, 6.07) is 0.301. The first-order valence-electron chi connectivity index (χ1n) is 6.11. The van der Waals surface area contributed by atoms with Gasteiger partial charge in [-0.2, -0.15) is 5.10 Å². The first kappa shape index (κ1) is 10.9. The Bertz CT molecular complexity index is 422. The van der Waals surface area contributed by atoms with Gasteiger partial charge in [0.2, 0.25) is 0 Å². The predicted octanol–water partition coefficient (Wildman–Crippen LogP) is 1.12. The average molecular weight is 236 g/mol. The molecule has 17 heavy (non-hydrogen) atoms. The standard InChI is InChI=1S/C12H16N2O3/c15-7-12-10-3-6-17-8-11(10)13-14(12)9-1-4-16-5-2-9/h7,9H,1-6,8H2.